The molecular formula is C14H29NO2. The van der Waals surface area contributed by atoms with Gasteiger partial charge in [0.25, 0.3) is 0 Å². The molecule has 3 nitrogen and oxygen atoms in total. The van der Waals surface area contributed by atoms with E-state index in [2.05, 4.69) is 46.4 Å². The summed E-state index contributed by atoms with van der Waals surface area (Å²) < 4.78 is 11.5. The summed E-state index contributed by atoms with van der Waals surface area (Å²) in [7, 11) is 0. The fourth-order valence-electron chi connectivity index (χ4n) is 2.07. The van der Waals surface area contributed by atoms with Gasteiger partial charge in [-0.3, -0.25) is 4.90 Å². The van der Waals surface area contributed by atoms with E-state index in [0.717, 1.165) is 26.3 Å². The molecule has 3 heteroatoms. The molecule has 0 aromatic rings. The van der Waals surface area contributed by atoms with Crippen molar-refractivity contribution in [2.24, 2.45) is 5.92 Å². The Morgan fingerprint density at radius 2 is 2.00 bits per heavy atom. The van der Waals surface area contributed by atoms with E-state index < -0.39 is 0 Å². The molecule has 0 radical (unpaired) electrons. The molecule has 1 aliphatic heterocycles. The molecule has 0 spiro atoms. The molecule has 0 amide bonds. The number of rotatable bonds is 4. The third-order valence-corrected chi connectivity index (χ3v) is 3.08. The largest absolute Gasteiger partial charge is 0.376 e. The van der Waals surface area contributed by atoms with Crippen molar-refractivity contribution in [3.63, 3.8) is 0 Å². The molecular weight excluding hydrogens is 214 g/mol. The van der Waals surface area contributed by atoms with Crippen molar-refractivity contribution in [2.45, 2.75) is 59.3 Å². The first-order valence-electron chi connectivity index (χ1n) is 6.77. The maximum Gasteiger partial charge on any atom is 0.0674 e. The Hall–Kier alpha value is -0.120. The van der Waals surface area contributed by atoms with Crippen molar-refractivity contribution in [3.8, 4) is 0 Å². The van der Waals surface area contributed by atoms with Gasteiger partial charge in [-0.25, -0.2) is 0 Å². The third kappa shape index (κ3) is 5.84. The van der Waals surface area contributed by atoms with E-state index in [1.54, 1.807) is 0 Å². The molecule has 1 rings (SSSR count). The topological polar surface area (TPSA) is 21.7 Å². The average Bonchev–Trinajstić information content (AvgIpc) is 2.20. The predicted octanol–water partition coefficient (Wildman–Crippen LogP) is 2.55. The van der Waals surface area contributed by atoms with Crippen molar-refractivity contribution in [2.75, 3.05) is 26.3 Å². The highest BCUT2D eigenvalue weighted by molar-refractivity contribution is 4.76. The van der Waals surface area contributed by atoms with Crippen LogP contribution in [0.25, 0.3) is 0 Å². The van der Waals surface area contributed by atoms with Crippen LogP contribution in [0.2, 0.25) is 0 Å². The van der Waals surface area contributed by atoms with Crippen LogP contribution >= 0.6 is 0 Å². The van der Waals surface area contributed by atoms with Gasteiger partial charge in [-0.05, 0) is 40.5 Å². The molecule has 0 aromatic heterocycles. The van der Waals surface area contributed by atoms with Crippen molar-refractivity contribution < 1.29 is 9.47 Å². The molecule has 0 bridgehead atoms. The molecule has 0 unspecified atom stereocenters. The van der Waals surface area contributed by atoms with Crippen LogP contribution in [0, 0.1) is 5.92 Å². The highest BCUT2D eigenvalue weighted by Crippen LogP contribution is 2.15. The lowest BCUT2D eigenvalue weighted by Gasteiger charge is -2.38. The van der Waals surface area contributed by atoms with E-state index >= 15 is 0 Å². The Labute approximate surface area is 106 Å². The SMILES string of the molecule is C[C@@H](COC(C)(C)C)CN1C[C@H](C)OC[C@H]1C. The van der Waals surface area contributed by atoms with Gasteiger partial charge in [-0.1, -0.05) is 6.92 Å². The second-order valence-electron chi connectivity index (χ2n) is 6.48. The summed E-state index contributed by atoms with van der Waals surface area (Å²) in [6, 6.07) is 0.531. The molecule has 1 saturated heterocycles. The minimum Gasteiger partial charge on any atom is -0.376 e. The zero-order valence-electron chi connectivity index (χ0n) is 12.3. The minimum atomic E-state index is -0.0296. The van der Waals surface area contributed by atoms with Crippen LogP contribution in [0.3, 0.4) is 0 Å². The maximum absolute atomic E-state index is 5.84. The van der Waals surface area contributed by atoms with E-state index in [1.807, 2.05) is 0 Å². The summed E-state index contributed by atoms with van der Waals surface area (Å²) >= 11 is 0. The lowest BCUT2D eigenvalue weighted by atomic mass is 10.1. The Balaban J connectivity index is 2.31. The van der Waals surface area contributed by atoms with Gasteiger partial charge in [-0.2, -0.15) is 0 Å². The Morgan fingerprint density at radius 1 is 1.35 bits per heavy atom. The lowest BCUT2D eigenvalue weighted by molar-refractivity contribution is -0.0665. The average molecular weight is 243 g/mol. The normalized spacial score (nSPS) is 29.3. The van der Waals surface area contributed by atoms with E-state index in [1.165, 1.54) is 0 Å². The molecule has 3 atom stereocenters. The summed E-state index contributed by atoms with van der Waals surface area (Å²) in [4.78, 5) is 2.52. The summed E-state index contributed by atoms with van der Waals surface area (Å²) in [5.41, 5.74) is -0.0296. The first kappa shape index (κ1) is 14.9. The van der Waals surface area contributed by atoms with E-state index in [4.69, 9.17) is 9.47 Å². The first-order valence-corrected chi connectivity index (χ1v) is 6.77. The van der Waals surface area contributed by atoms with Crippen LogP contribution in [-0.4, -0.2) is 49.0 Å². The monoisotopic (exact) mass is 243 g/mol. The van der Waals surface area contributed by atoms with Gasteiger partial charge in [0.05, 0.1) is 24.9 Å². The molecule has 0 N–H and O–H groups in total. The molecule has 1 heterocycles. The maximum atomic E-state index is 5.84. The van der Waals surface area contributed by atoms with Crippen molar-refractivity contribution >= 4 is 0 Å². The highest BCUT2D eigenvalue weighted by atomic mass is 16.5. The molecule has 0 aliphatic carbocycles. The zero-order valence-corrected chi connectivity index (χ0v) is 12.3. The Bertz CT molecular complexity index is 225. The standard InChI is InChI=1S/C14H29NO2/c1-11(9-17-14(4,5)6)7-15-8-13(3)16-10-12(15)2/h11-13H,7-10H2,1-6H3/t11-,12-,13+/m1/s1. The fourth-order valence-corrected chi connectivity index (χ4v) is 2.07. The fraction of sp³-hybridized carbons (Fsp3) is 1.00. The molecule has 102 valence electrons. The zero-order chi connectivity index (χ0) is 13.1. The van der Waals surface area contributed by atoms with Gasteiger partial charge in [-0.15, -0.1) is 0 Å². The van der Waals surface area contributed by atoms with Crippen molar-refractivity contribution in [1.29, 1.82) is 0 Å². The smallest absolute Gasteiger partial charge is 0.0674 e. The van der Waals surface area contributed by atoms with Crippen LogP contribution < -0.4 is 0 Å². The lowest BCUT2D eigenvalue weighted by Crippen LogP contribution is -2.49. The van der Waals surface area contributed by atoms with E-state index in [0.29, 0.717) is 18.1 Å². The second-order valence-corrected chi connectivity index (χ2v) is 6.48. The summed E-state index contributed by atoms with van der Waals surface area (Å²) in [6.07, 6.45) is 0.363. The Morgan fingerprint density at radius 3 is 2.59 bits per heavy atom. The van der Waals surface area contributed by atoms with Gasteiger partial charge in [0.1, 0.15) is 0 Å². The number of hydrogen-bond donors (Lipinski definition) is 0. The van der Waals surface area contributed by atoms with Crippen LogP contribution in [-0.2, 0) is 9.47 Å². The number of hydrogen-bond acceptors (Lipinski definition) is 3. The van der Waals surface area contributed by atoms with E-state index in [9.17, 15) is 0 Å². The first-order chi connectivity index (χ1) is 7.78. The molecule has 0 aromatic carbocycles. The second kappa shape index (κ2) is 6.17. The minimum absolute atomic E-state index is 0.0296. The van der Waals surface area contributed by atoms with Crippen molar-refractivity contribution in [1.82, 2.24) is 4.90 Å². The molecule has 1 fully saturated rings. The quantitative estimate of drug-likeness (QED) is 0.757. The number of ether oxygens (including phenoxy) is 2. The van der Waals surface area contributed by atoms with Crippen LogP contribution in [0.1, 0.15) is 41.5 Å². The van der Waals surface area contributed by atoms with Gasteiger partial charge in [0.2, 0.25) is 0 Å². The molecule has 17 heavy (non-hydrogen) atoms. The summed E-state index contributed by atoms with van der Waals surface area (Å²) in [5.74, 6) is 0.571. The predicted molar refractivity (Wildman–Crippen MR) is 71.3 cm³/mol. The summed E-state index contributed by atoms with van der Waals surface area (Å²) in [5, 5.41) is 0. The van der Waals surface area contributed by atoms with Crippen LogP contribution in [0.15, 0.2) is 0 Å². The number of nitrogens with zero attached hydrogens (tertiary/aromatic N) is 1. The van der Waals surface area contributed by atoms with Crippen molar-refractivity contribution in [3.05, 3.63) is 0 Å². The highest BCUT2D eigenvalue weighted by Gasteiger charge is 2.25. The summed E-state index contributed by atoms with van der Waals surface area (Å²) in [6.45, 7) is 16.8. The van der Waals surface area contributed by atoms with E-state index in [-0.39, 0.29) is 5.60 Å². The van der Waals surface area contributed by atoms with Crippen LogP contribution in [0.4, 0.5) is 0 Å². The molecule has 0 saturated carbocycles. The number of morpholine rings is 1. The van der Waals surface area contributed by atoms with Gasteiger partial charge in [0.15, 0.2) is 0 Å². The third-order valence-electron chi connectivity index (χ3n) is 3.08. The Kier molecular flexibility index (Phi) is 5.42. The van der Waals surface area contributed by atoms with Gasteiger partial charge in [0, 0.05) is 19.1 Å². The van der Waals surface area contributed by atoms with Gasteiger partial charge < -0.3 is 9.47 Å². The van der Waals surface area contributed by atoms with Gasteiger partial charge >= 0.3 is 0 Å². The molecule has 1 aliphatic rings. The van der Waals surface area contributed by atoms with Crippen LogP contribution in [0.5, 0.6) is 0 Å².